The van der Waals surface area contributed by atoms with Gasteiger partial charge in [-0.3, -0.25) is 0 Å². The van der Waals surface area contributed by atoms with Crippen LogP contribution in [0.1, 0.15) is 30.9 Å². The minimum absolute atomic E-state index is 0.458. The van der Waals surface area contributed by atoms with Gasteiger partial charge in [0.05, 0.1) is 16.4 Å². The largest absolute Gasteiger partial charge is 0.333 e. The van der Waals surface area contributed by atoms with Gasteiger partial charge in [0, 0.05) is 31.0 Å². The Labute approximate surface area is 128 Å². The average Bonchev–Trinajstić information content (AvgIpc) is 3.10. The summed E-state index contributed by atoms with van der Waals surface area (Å²) in [5.74, 6) is 0. The Hall–Kier alpha value is -1.03. The predicted octanol–water partition coefficient (Wildman–Crippen LogP) is 4.07. The fraction of sp³-hybridized carbons (Fsp3) is 0.400. The van der Waals surface area contributed by atoms with Crippen molar-refractivity contribution in [2.75, 3.05) is 0 Å². The summed E-state index contributed by atoms with van der Waals surface area (Å²) in [7, 11) is 0. The molecule has 0 aliphatic heterocycles. The number of hydrogen-bond donors (Lipinski definition) is 1. The van der Waals surface area contributed by atoms with E-state index in [1.165, 1.54) is 19.3 Å². The predicted molar refractivity (Wildman–Crippen MR) is 82.2 cm³/mol. The third-order valence-corrected chi connectivity index (χ3v) is 4.83. The van der Waals surface area contributed by atoms with Crippen molar-refractivity contribution in [2.45, 2.75) is 37.9 Å². The molecule has 1 saturated carbocycles. The first-order valence-electron chi connectivity index (χ1n) is 6.89. The van der Waals surface area contributed by atoms with Crippen molar-refractivity contribution in [2.24, 2.45) is 0 Å². The molecule has 0 saturated heterocycles. The molecule has 2 aromatic rings. The fourth-order valence-electron chi connectivity index (χ4n) is 2.93. The third kappa shape index (κ3) is 2.85. The Balaban J connectivity index is 1.67. The van der Waals surface area contributed by atoms with Crippen molar-refractivity contribution >= 4 is 23.2 Å². The van der Waals surface area contributed by atoms with Gasteiger partial charge in [-0.1, -0.05) is 35.3 Å². The summed E-state index contributed by atoms with van der Waals surface area (Å²) in [5.41, 5.74) is 1.05. The second-order valence-electron chi connectivity index (χ2n) is 5.21. The lowest BCUT2D eigenvalue weighted by atomic mass is 10.1. The Morgan fingerprint density at radius 3 is 3.00 bits per heavy atom. The molecule has 3 rings (SSSR count). The Morgan fingerprint density at radius 2 is 2.20 bits per heavy atom. The second kappa shape index (κ2) is 6.17. The van der Waals surface area contributed by atoms with Crippen molar-refractivity contribution in [1.82, 2.24) is 14.9 Å². The van der Waals surface area contributed by atoms with Gasteiger partial charge in [-0.25, -0.2) is 4.98 Å². The van der Waals surface area contributed by atoms with Gasteiger partial charge in [0.25, 0.3) is 0 Å². The van der Waals surface area contributed by atoms with Crippen molar-refractivity contribution in [1.29, 1.82) is 0 Å². The summed E-state index contributed by atoms with van der Waals surface area (Å²) in [6.07, 6.45) is 9.39. The summed E-state index contributed by atoms with van der Waals surface area (Å²) in [4.78, 5) is 4.14. The molecule has 0 bridgehead atoms. The summed E-state index contributed by atoms with van der Waals surface area (Å²) in [6, 6.07) is 6.71. The van der Waals surface area contributed by atoms with E-state index in [4.69, 9.17) is 23.2 Å². The molecule has 1 aromatic carbocycles. The highest BCUT2D eigenvalue weighted by atomic mass is 35.5. The standard InChI is InChI=1S/C15H17Cl2N3/c16-12-4-1-3-11(15(12)17)9-19-13-5-2-6-14(13)20-8-7-18-10-20/h1,3-4,7-8,10,13-14,19H,2,5-6,9H2. The molecular weight excluding hydrogens is 293 g/mol. The molecule has 2 unspecified atom stereocenters. The van der Waals surface area contributed by atoms with Crippen LogP contribution >= 0.6 is 23.2 Å². The highest BCUT2D eigenvalue weighted by Crippen LogP contribution is 2.31. The van der Waals surface area contributed by atoms with Crippen molar-refractivity contribution in [3.63, 3.8) is 0 Å². The number of hydrogen-bond acceptors (Lipinski definition) is 2. The van der Waals surface area contributed by atoms with E-state index in [0.29, 0.717) is 22.1 Å². The Kier molecular flexibility index (Phi) is 4.29. The molecule has 1 N–H and O–H groups in total. The zero-order valence-electron chi connectivity index (χ0n) is 11.1. The zero-order chi connectivity index (χ0) is 13.9. The Bertz CT molecular complexity index is 569. The molecule has 1 fully saturated rings. The topological polar surface area (TPSA) is 29.9 Å². The second-order valence-corrected chi connectivity index (χ2v) is 5.99. The summed E-state index contributed by atoms with van der Waals surface area (Å²) in [6.45, 7) is 0.745. The van der Waals surface area contributed by atoms with Gasteiger partial charge in [-0.15, -0.1) is 0 Å². The van der Waals surface area contributed by atoms with Gasteiger partial charge in [-0.2, -0.15) is 0 Å². The maximum absolute atomic E-state index is 6.23. The zero-order valence-corrected chi connectivity index (χ0v) is 12.6. The number of rotatable bonds is 4. The van der Waals surface area contributed by atoms with Gasteiger partial charge in [0.1, 0.15) is 0 Å². The van der Waals surface area contributed by atoms with Crippen LogP contribution in [0.3, 0.4) is 0 Å². The van der Waals surface area contributed by atoms with Gasteiger partial charge >= 0.3 is 0 Å². The molecular formula is C15H17Cl2N3. The van der Waals surface area contributed by atoms with E-state index in [0.717, 1.165) is 12.1 Å². The summed E-state index contributed by atoms with van der Waals surface area (Å²) < 4.78 is 2.20. The number of aromatic nitrogens is 2. The highest BCUT2D eigenvalue weighted by Gasteiger charge is 2.27. The van der Waals surface area contributed by atoms with Crippen LogP contribution < -0.4 is 5.32 Å². The van der Waals surface area contributed by atoms with Crippen LogP contribution in [0.2, 0.25) is 10.0 Å². The normalized spacial score (nSPS) is 22.3. The van der Waals surface area contributed by atoms with E-state index in [1.807, 2.05) is 36.9 Å². The molecule has 0 radical (unpaired) electrons. The smallest absolute Gasteiger partial charge is 0.0949 e. The van der Waals surface area contributed by atoms with E-state index >= 15 is 0 Å². The molecule has 1 aliphatic carbocycles. The number of nitrogens with one attached hydrogen (secondary N) is 1. The SMILES string of the molecule is Clc1cccc(CNC2CCCC2n2ccnc2)c1Cl. The maximum Gasteiger partial charge on any atom is 0.0949 e. The number of nitrogens with zero attached hydrogens (tertiary/aromatic N) is 2. The van der Waals surface area contributed by atoms with Crippen LogP contribution in [-0.2, 0) is 6.54 Å². The van der Waals surface area contributed by atoms with Crippen LogP contribution in [0.15, 0.2) is 36.9 Å². The van der Waals surface area contributed by atoms with Gasteiger partial charge < -0.3 is 9.88 Å². The highest BCUT2D eigenvalue weighted by molar-refractivity contribution is 6.42. The number of halogens is 2. The molecule has 2 atom stereocenters. The van der Waals surface area contributed by atoms with Crippen LogP contribution in [0.4, 0.5) is 0 Å². The first-order valence-corrected chi connectivity index (χ1v) is 7.65. The molecule has 20 heavy (non-hydrogen) atoms. The van der Waals surface area contributed by atoms with Crippen LogP contribution in [0, 0.1) is 0 Å². The maximum atomic E-state index is 6.23. The Morgan fingerprint density at radius 1 is 1.30 bits per heavy atom. The van der Waals surface area contributed by atoms with Crippen molar-refractivity contribution in [3.05, 3.63) is 52.5 Å². The monoisotopic (exact) mass is 309 g/mol. The van der Waals surface area contributed by atoms with E-state index in [2.05, 4.69) is 14.9 Å². The molecule has 106 valence electrons. The average molecular weight is 310 g/mol. The molecule has 0 amide bonds. The quantitative estimate of drug-likeness (QED) is 0.922. The van der Waals surface area contributed by atoms with Gasteiger partial charge in [0.2, 0.25) is 0 Å². The lowest BCUT2D eigenvalue weighted by Gasteiger charge is -2.22. The van der Waals surface area contributed by atoms with Crippen LogP contribution in [0.25, 0.3) is 0 Å². The first-order chi connectivity index (χ1) is 9.75. The molecule has 1 heterocycles. The molecule has 0 spiro atoms. The minimum atomic E-state index is 0.458. The molecule has 5 heteroatoms. The third-order valence-electron chi connectivity index (χ3n) is 3.97. The van der Waals surface area contributed by atoms with E-state index in [1.54, 1.807) is 0 Å². The minimum Gasteiger partial charge on any atom is -0.333 e. The van der Waals surface area contributed by atoms with Gasteiger partial charge in [-0.05, 0) is 30.9 Å². The number of imidazole rings is 1. The van der Waals surface area contributed by atoms with E-state index in [-0.39, 0.29) is 0 Å². The van der Waals surface area contributed by atoms with Crippen molar-refractivity contribution < 1.29 is 0 Å². The van der Waals surface area contributed by atoms with Crippen LogP contribution in [0.5, 0.6) is 0 Å². The first kappa shape index (κ1) is 13.9. The summed E-state index contributed by atoms with van der Waals surface area (Å²) >= 11 is 12.3. The molecule has 3 nitrogen and oxygen atoms in total. The van der Waals surface area contributed by atoms with Gasteiger partial charge in [0.15, 0.2) is 0 Å². The lowest BCUT2D eigenvalue weighted by molar-refractivity contribution is 0.390. The number of benzene rings is 1. The molecule has 1 aromatic heterocycles. The fourth-order valence-corrected chi connectivity index (χ4v) is 3.31. The van der Waals surface area contributed by atoms with E-state index < -0.39 is 0 Å². The van der Waals surface area contributed by atoms with Crippen LogP contribution in [-0.4, -0.2) is 15.6 Å². The van der Waals surface area contributed by atoms with Crippen molar-refractivity contribution in [3.8, 4) is 0 Å². The lowest BCUT2D eigenvalue weighted by Crippen LogP contribution is -2.33. The molecule has 1 aliphatic rings. The van der Waals surface area contributed by atoms with E-state index in [9.17, 15) is 0 Å². The summed E-state index contributed by atoms with van der Waals surface area (Å²) in [5, 5.41) is 4.88.